The highest BCUT2D eigenvalue weighted by Gasteiger charge is 2.38. The fourth-order valence-electron chi connectivity index (χ4n) is 6.05. The summed E-state index contributed by atoms with van der Waals surface area (Å²) >= 11 is 0. The summed E-state index contributed by atoms with van der Waals surface area (Å²) in [6.45, 7) is 8.06. The topological polar surface area (TPSA) is 99.1 Å². The van der Waals surface area contributed by atoms with Crippen LogP contribution >= 0.6 is 0 Å². The van der Waals surface area contributed by atoms with Gasteiger partial charge < -0.3 is 19.3 Å². The Morgan fingerprint density at radius 2 is 1.71 bits per heavy atom. The SMILES string of the molecule is COc1cccc2c1C(=O)c1ccc(C[C@@](C)(O)CC(=O)O[C@@H]3C[C@H](C)CC[C@H]3C(C)C)c(OC)c1C2=O. The molecule has 0 heterocycles. The molecule has 7 nitrogen and oxygen atoms in total. The molecule has 0 amide bonds. The molecule has 1 fully saturated rings. The van der Waals surface area contributed by atoms with Gasteiger partial charge in [0, 0.05) is 17.5 Å². The number of fused-ring (bicyclic) bond motifs is 2. The van der Waals surface area contributed by atoms with Crippen molar-refractivity contribution in [3.05, 3.63) is 58.1 Å². The molecule has 0 saturated heterocycles. The Kier molecular flexibility index (Phi) is 7.98. The van der Waals surface area contributed by atoms with Crippen LogP contribution in [-0.4, -0.2) is 48.6 Å². The summed E-state index contributed by atoms with van der Waals surface area (Å²) in [5, 5.41) is 11.2. The quantitative estimate of drug-likeness (QED) is 0.408. The van der Waals surface area contributed by atoms with Crippen molar-refractivity contribution in [2.24, 2.45) is 17.8 Å². The standard InChI is InChI=1S/C31H38O7/c1-17(2)20-12-10-18(3)14-24(20)38-25(32)16-31(4,35)15-19-11-13-22-27(30(19)37-6)29(34)21-8-7-9-23(36-5)26(21)28(22)33/h7-9,11,13,17-18,20,24,35H,10,12,14-16H2,1-6H3/t18-,20+,24-,31-/m1/s1. The van der Waals surface area contributed by atoms with Gasteiger partial charge in [0.05, 0.1) is 37.4 Å². The molecule has 0 radical (unpaired) electrons. The number of benzene rings is 2. The third-order valence-corrected chi connectivity index (χ3v) is 7.97. The molecule has 1 N–H and O–H groups in total. The molecule has 0 bridgehead atoms. The first kappa shape index (κ1) is 27.8. The monoisotopic (exact) mass is 522 g/mol. The fraction of sp³-hybridized carbons (Fsp3) is 0.516. The molecular formula is C31H38O7. The molecule has 4 atom stereocenters. The average Bonchev–Trinajstić information content (AvgIpc) is 2.85. The third-order valence-electron chi connectivity index (χ3n) is 7.97. The number of carbonyl (C=O) groups is 3. The van der Waals surface area contributed by atoms with Crippen LogP contribution in [0.3, 0.4) is 0 Å². The van der Waals surface area contributed by atoms with E-state index in [9.17, 15) is 19.5 Å². The van der Waals surface area contributed by atoms with Gasteiger partial charge in [-0.2, -0.15) is 0 Å². The van der Waals surface area contributed by atoms with Crippen LogP contribution in [-0.2, 0) is 16.0 Å². The van der Waals surface area contributed by atoms with E-state index in [0.29, 0.717) is 29.1 Å². The molecule has 0 aromatic heterocycles. The number of methoxy groups -OCH3 is 2. The molecule has 2 aromatic carbocycles. The number of aliphatic hydroxyl groups is 1. The first-order chi connectivity index (χ1) is 18.0. The summed E-state index contributed by atoms with van der Waals surface area (Å²) < 4.78 is 16.9. The first-order valence-corrected chi connectivity index (χ1v) is 13.4. The number of hydrogen-bond donors (Lipinski definition) is 1. The Balaban J connectivity index is 1.57. The van der Waals surface area contributed by atoms with Crippen LogP contribution in [0.4, 0.5) is 0 Å². The van der Waals surface area contributed by atoms with Crippen molar-refractivity contribution in [3.8, 4) is 11.5 Å². The molecule has 204 valence electrons. The van der Waals surface area contributed by atoms with Gasteiger partial charge >= 0.3 is 5.97 Å². The van der Waals surface area contributed by atoms with Gasteiger partial charge in [-0.3, -0.25) is 14.4 Å². The van der Waals surface area contributed by atoms with E-state index in [1.807, 2.05) is 0 Å². The molecule has 2 aromatic rings. The van der Waals surface area contributed by atoms with Gasteiger partial charge in [-0.15, -0.1) is 0 Å². The second-order valence-electron chi connectivity index (χ2n) is 11.4. The van der Waals surface area contributed by atoms with E-state index in [1.54, 1.807) is 37.3 Å². The van der Waals surface area contributed by atoms with E-state index in [-0.39, 0.29) is 58.5 Å². The lowest BCUT2D eigenvalue weighted by Crippen LogP contribution is -2.38. The van der Waals surface area contributed by atoms with Crippen molar-refractivity contribution in [2.45, 2.75) is 71.5 Å². The van der Waals surface area contributed by atoms with Crippen molar-refractivity contribution in [2.75, 3.05) is 14.2 Å². The molecule has 1 saturated carbocycles. The fourth-order valence-corrected chi connectivity index (χ4v) is 6.05. The molecule has 2 aliphatic carbocycles. The third kappa shape index (κ3) is 5.35. The molecule has 38 heavy (non-hydrogen) atoms. The number of ether oxygens (including phenoxy) is 3. The van der Waals surface area contributed by atoms with Crippen molar-refractivity contribution < 1.29 is 33.7 Å². The largest absolute Gasteiger partial charge is 0.496 e. The molecule has 7 heteroatoms. The van der Waals surface area contributed by atoms with Gasteiger partial charge in [-0.1, -0.05) is 45.4 Å². The van der Waals surface area contributed by atoms with Crippen LogP contribution in [0.25, 0.3) is 0 Å². The molecule has 0 aliphatic heterocycles. The van der Waals surface area contributed by atoms with Crippen molar-refractivity contribution in [3.63, 3.8) is 0 Å². The van der Waals surface area contributed by atoms with Crippen LogP contribution < -0.4 is 9.47 Å². The Bertz CT molecular complexity index is 1240. The Labute approximate surface area is 224 Å². The van der Waals surface area contributed by atoms with E-state index in [0.717, 1.165) is 19.3 Å². The summed E-state index contributed by atoms with van der Waals surface area (Å²) in [6.07, 6.45) is 2.68. The highest BCUT2D eigenvalue weighted by atomic mass is 16.5. The zero-order chi connectivity index (χ0) is 27.8. The molecule has 4 rings (SSSR count). The van der Waals surface area contributed by atoms with Gasteiger partial charge in [-0.05, 0) is 55.2 Å². The number of esters is 1. The van der Waals surface area contributed by atoms with Crippen LogP contribution in [0.15, 0.2) is 30.3 Å². The number of hydrogen-bond acceptors (Lipinski definition) is 7. The normalized spacial score (nSPS) is 22.4. The zero-order valence-corrected chi connectivity index (χ0v) is 23.1. The van der Waals surface area contributed by atoms with Crippen LogP contribution in [0.2, 0.25) is 0 Å². The van der Waals surface area contributed by atoms with Crippen molar-refractivity contribution in [1.29, 1.82) is 0 Å². The zero-order valence-electron chi connectivity index (χ0n) is 23.1. The smallest absolute Gasteiger partial charge is 0.308 e. The Morgan fingerprint density at radius 3 is 2.37 bits per heavy atom. The van der Waals surface area contributed by atoms with E-state index < -0.39 is 11.6 Å². The first-order valence-electron chi connectivity index (χ1n) is 13.4. The lowest BCUT2D eigenvalue weighted by atomic mass is 9.75. The maximum Gasteiger partial charge on any atom is 0.308 e. The van der Waals surface area contributed by atoms with E-state index >= 15 is 0 Å². The molecule has 2 aliphatic rings. The number of ketones is 2. The van der Waals surface area contributed by atoms with Crippen LogP contribution in [0.1, 0.15) is 90.8 Å². The predicted octanol–water partition coefficient (Wildman–Crippen LogP) is 5.17. The average molecular weight is 523 g/mol. The lowest BCUT2D eigenvalue weighted by molar-refractivity contribution is -0.160. The minimum absolute atomic E-state index is 0.0413. The number of rotatable bonds is 8. The van der Waals surface area contributed by atoms with E-state index in [2.05, 4.69) is 20.8 Å². The van der Waals surface area contributed by atoms with E-state index in [1.165, 1.54) is 14.2 Å². The Hall–Kier alpha value is -3.19. The van der Waals surface area contributed by atoms with Gasteiger partial charge in [0.2, 0.25) is 0 Å². The van der Waals surface area contributed by atoms with Crippen LogP contribution in [0.5, 0.6) is 11.5 Å². The predicted molar refractivity (Wildman–Crippen MR) is 143 cm³/mol. The minimum atomic E-state index is -1.45. The summed E-state index contributed by atoms with van der Waals surface area (Å²) in [5.41, 5.74) is -0.0664. The molecular weight excluding hydrogens is 484 g/mol. The number of carbonyl (C=O) groups excluding carboxylic acids is 3. The van der Waals surface area contributed by atoms with Gasteiger partial charge in [0.15, 0.2) is 11.6 Å². The second kappa shape index (κ2) is 10.9. The highest BCUT2D eigenvalue weighted by molar-refractivity contribution is 6.30. The summed E-state index contributed by atoms with van der Waals surface area (Å²) in [4.78, 5) is 39.8. The maximum absolute atomic E-state index is 13.5. The molecule has 0 spiro atoms. The van der Waals surface area contributed by atoms with Crippen LogP contribution in [0, 0.1) is 17.8 Å². The summed E-state index contributed by atoms with van der Waals surface area (Å²) in [5.74, 6) is 0.659. The Morgan fingerprint density at radius 1 is 1.03 bits per heavy atom. The van der Waals surface area contributed by atoms with Crippen molar-refractivity contribution >= 4 is 17.5 Å². The maximum atomic E-state index is 13.5. The highest BCUT2D eigenvalue weighted by Crippen LogP contribution is 2.40. The van der Waals surface area contributed by atoms with Crippen molar-refractivity contribution in [1.82, 2.24) is 0 Å². The lowest BCUT2D eigenvalue weighted by Gasteiger charge is -2.37. The molecule has 0 unspecified atom stereocenters. The summed E-state index contributed by atoms with van der Waals surface area (Å²) in [7, 11) is 2.88. The second-order valence-corrected chi connectivity index (χ2v) is 11.4. The van der Waals surface area contributed by atoms with E-state index in [4.69, 9.17) is 14.2 Å². The summed E-state index contributed by atoms with van der Waals surface area (Å²) in [6, 6.07) is 8.15. The van der Waals surface area contributed by atoms with Gasteiger partial charge in [0.25, 0.3) is 0 Å². The minimum Gasteiger partial charge on any atom is -0.496 e. The van der Waals surface area contributed by atoms with Gasteiger partial charge in [0.1, 0.15) is 17.6 Å². The van der Waals surface area contributed by atoms with Gasteiger partial charge in [-0.25, -0.2) is 0 Å².